The molecule has 1 unspecified atom stereocenters. The Hall–Kier alpha value is -1.91. The molecule has 0 saturated carbocycles. The minimum atomic E-state index is -0.207. The van der Waals surface area contributed by atoms with E-state index in [0.717, 1.165) is 62.7 Å². The molecule has 1 aromatic heterocycles. The lowest BCUT2D eigenvalue weighted by molar-refractivity contribution is -0.136. The number of nitrogens with one attached hydrogen (secondary N) is 1. The van der Waals surface area contributed by atoms with Gasteiger partial charge in [0.15, 0.2) is 6.29 Å². The number of amides is 1. The van der Waals surface area contributed by atoms with Crippen molar-refractivity contribution < 1.29 is 9.59 Å². The number of H-pyrrole nitrogens is 1. The van der Waals surface area contributed by atoms with Crippen LogP contribution in [0.2, 0.25) is 0 Å². The van der Waals surface area contributed by atoms with E-state index in [-0.39, 0.29) is 5.41 Å². The first kappa shape index (κ1) is 16.0. The van der Waals surface area contributed by atoms with Crippen molar-refractivity contribution in [1.82, 2.24) is 15.1 Å². The second-order valence-corrected chi connectivity index (χ2v) is 7.26. The fourth-order valence-corrected chi connectivity index (χ4v) is 3.71. The zero-order chi connectivity index (χ0) is 16.4. The van der Waals surface area contributed by atoms with Gasteiger partial charge in [0, 0.05) is 13.1 Å². The molecule has 1 aliphatic carbocycles. The molecule has 5 nitrogen and oxygen atoms in total. The predicted octanol–water partition coefficient (Wildman–Crippen LogP) is 3.05. The molecule has 2 aliphatic rings. The maximum atomic E-state index is 12.8. The van der Waals surface area contributed by atoms with Crippen LogP contribution in [-0.2, 0) is 4.79 Å². The molecule has 3 rings (SSSR count). The number of carbonyl (C=O) groups excluding carboxylic acids is 2. The Bertz CT molecular complexity index is 632. The maximum Gasteiger partial charge on any atom is 0.229 e. The zero-order valence-electron chi connectivity index (χ0n) is 14.0. The number of aromatic nitrogens is 2. The van der Waals surface area contributed by atoms with Gasteiger partial charge in [-0.25, -0.2) is 0 Å². The first-order chi connectivity index (χ1) is 11.1. The number of aromatic amines is 1. The Kier molecular flexibility index (Phi) is 4.37. The highest BCUT2D eigenvalue weighted by Gasteiger charge is 2.46. The third-order valence-corrected chi connectivity index (χ3v) is 5.31. The van der Waals surface area contributed by atoms with Crippen molar-refractivity contribution in [2.24, 2.45) is 11.3 Å². The number of aldehydes is 1. The van der Waals surface area contributed by atoms with Crippen LogP contribution in [0.15, 0.2) is 12.3 Å². The summed E-state index contributed by atoms with van der Waals surface area (Å²) in [5.41, 5.74) is 2.33. The second-order valence-electron chi connectivity index (χ2n) is 7.26. The molecule has 5 heteroatoms. The van der Waals surface area contributed by atoms with Crippen LogP contribution < -0.4 is 0 Å². The summed E-state index contributed by atoms with van der Waals surface area (Å²) in [6, 6.07) is 0. The standard InChI is InChI=1S/C18H25N3O2/c1-13(2)5-9-21-10-8-18(17(21)23)6-3-14(4-7-18)16-15(12-22)11-19-20-16/h3,11-13H,4-10H2,1-2H3,(H,19,20). The molecule has 1 saturated heterocycles. The third-order valence-electron chi connectivity index (χ3n) is 5.31. The van der Waals surface area contributed by atoms with Crippen LogP contribution in [0.4, 0.5) is 0 Å². The van der Waals surface area contributed by atoms with Gasteiger partial charge in [0.05, 0.1) is 22.9 Å². The van der Waals surface area contributed by atoms with E-state index in [2.05, 4.69) is 30.1 Å². The van der Waals surface area contributed by atoms with Crippen LogP contribution in [0.5, 0.6) is 0 Å². The quantitative estimate of drug-likeness (QED) is 0.849. The van der Waals surface area contributed by atoms with Gasteiger partial charge < -0.3 is 4.90 Å². The summed E-state index contributed by atoms with van der Waals surface area (Å²) in [5.74, 6) is 0.952. The molecule has 0 aromatic carbocycles. The van der Waals surface area contributed by atoms with E-state index in [1.807, 2.05) is 4.90 Å². The Morgan fingerprint density at radius 1 is 1.43 bits per heavy atom. The Labute approximate surface area is 137 Å². The molecule has 0 radical (unpaired) electrons. The van der Waals surface area contributed by atoms with Crippen LogP contribution in [0.25, 0.3) is 5.57 Å². The fourth-order valence-electron chi connectivity index (χ4n) is 3.71. The lowest BCUT2D eigenvalue weighted by Crippen LogP contribution is -2.36. The van der Waals surface area contributed by atoms with Gasteiger partial charge in [-0.15, -0.1) is 0 Å². The number of carbonyl (C=O) groups is 2. The van der Waals surface area contributed by atoms with Crippen molar-refractivity contribution in [2.45, 2.75) is 46.0 Å². The van der Waals surface area contributed by atoms with Gasteiger partial charge in [-0.3, -0.25) is 14.7 Å². The SMILES string of the molecule is CC(C)CCN1CCC2(CC=C(c3[nH]ncc3C=O)CC2)C1=O. The van der Waals surface area contributed by atoms with E-state index in [1.54, 1.807) is 6.20 Å². The van der Waals surface area contributed by atoms with Gasteiger partial charge in [-0.2, -0.15) is 5.10 Å². The maximum absolute atomic E-state index is 12.8. The van der Waals surface area contributed by atoms with Gasteiger partial charge in [-0.05, 0) is 43.6 Å². The molecule has 1 fully saturated rings. The summed E-state index contributed by atoms with van der Waals surface area (Å²) in [6.07, 6.45) is 9.02. The Morgan fingerprint density at radius 3 is 2.91 bits per heavy atom. The van der Waals surface area contributed by atoms with Crippen LogP contribution in [0.1, 0.15) is 62.0 Å². The van der Waals surface area contributed by atoms with Crippen molar-refractivity contribution >= 4 is 17.8 Å². The average molecular weight is 315 g/mol. The van der Waals surface area contributed by atoms with Gasteiger partial charge in [0.1, 0.15) is 0 Å². The molecule has 124 valence electrons. The molecular formula is C18H25N3O2. The molecule has 1 aliphatic heterocycles. The smallest absolute Gasteiger partial charge is 0.229 e. The highest BCUT2D eigenvalue weighted by molar-refractivity contribution is 5.88. The van der Waals surface area contributed by atoms with Gasteiger partial charge in [0.2, 0.25) is 5.91 Å². The first-order valence-electron chi connectivity index (χ1n) is 8.53. The largest absolute Gasteiger partial charge is 0.342 e. The van der Waals surface area contributed by atoms with Crippen molar-refractivity contribution in [3.63, 3.8) is 0 Å². The molecular weight excluding hydrogens is 290 g/mol. The molecule has 1 spiro atoms. The summed E-state index contributed by atoms with van der Waals surface area (Å²) in [7, 11) is 0. The summed E-state index contributed by atoms with van der Waals surface area (Å²) < 4.78 is 0. The normalized spacial score (nSPS) is 24.6. The molecule has 1 amide bonds. The molecule has 1 aromatic rings. The molecule has 1 N–H and O–H groups in total. The number of rotatable bonds is 5. The van der Waals surface area contributed by atoms with Crippen LogP contribution in [0, 0.1) is 11.3 Å². The lowest BCUT2D eigenvalue weighted by atomic mass is 9.73. The third kappa shape index (κ3) is 2.96. The van der Waals surface area contributed by atoms with E-state index in [0.29, 0.717) is 17.4 Å². The van der Waals surface area contributed by atoms with Crippen LogP contribution >= 0.6 is 0 Å². The summed E-state index contributed by atoms with van der Waals surface area (Å²) in [5, 5.41) is 6.87. The predicted molar refractivity (Wildman–Crippen MR) is 88.9 cm³/mol. The van der Waals surface area contributed by atoms with Crippen LogP contribution in [-0.4, -0.2) is 40.4 Å². The van der Waals surface area contributed by atoms with Gasteiger partial charge in [-0.1, -0.05) is 19.9 Å². The number of likely N-dealkylation sites (tertiary alicyclic amines) is 1. The van der Waals surface area contributed by atoms with E-state index in [9.17, 15) is 9.59 Å². The number of allylic oxidation sites excluding steroid dienone is 2. The Balaban J connectivity index is 1.70. The molecule has 1 atom stereocenters. The van der Waals surface area contributed by atoms with E-state index >= 15 is 0 Å². The summed E-state index contributed by atoms with van der Waals surface area (Å²) >= 11 is 0. The second kappa shape index (κ2) is 6.30. The first-order valence-corrected chi connectivity index (χ1v) is 8.53. The minimum Gasteiger partial charge on any atom is -0.342 e. The lowest BCUT2D eigenvalue weighted by Gasteiger charge is -2.31. The van der Waals surface area contributed by atoms with E-state index in [1.165, 1.54) is 0 Å². The van der Waals surface area contributed by atoms with Crippen molar-refractivity contribution in [2.75, 3.05) is 13.1 Å². The van der Waals surface area contributed by atoms with Crippen molar-refractivity contribution in [3.8, 4) is 0 Å². The summed E-state index contributed by atoms with van der Waals surface area (Å²) in [4.78, 5) is 25.9. The number of nitrogens with zero attached hydrogens (tertiary/aromatic N) is 2. The highest BCUT2D eigenvalue weighted by atomic mass is 16.2. The average Bonchev–Trinajstić information content (AvgIpc) is 3.13. The Morgan fingerprint density at radius 2 is 2.26 bits per heavy atom. The van der Waals surface area contributed by atoms with Gasteiger partial charge in [0.25, 0.3) is 0 Å². The number of hydrogen-bond acceptors (Lipinski definition) is 3. The molecule has 0 bridgehead atoms. The summed E-state index contributed by atoms with van der Waals surface area (Å²) in [6.45, 7) is 6.16. The van der Waals surface area contributed by atoms with E-state index < -0.39 is 0 Å². The van der Waals surface area contributed by atoms with E-state index in [4.69, 9.17) is 0 Å². The van der Waals surface area contributed by atoms with Gasteiger partial charge >= 0.3 is 0 Å². The topological polar surface area (TPSA) is 66.1 Å². The monoisotopic (exact) mass is 315 g/mol. The number of hydrogen-bond donors (Lipinski definition) is 1. The van der Waals surface area contributed by atoms with Crippen molar-refractivity contribution in [1.29, 1.82) is 0 Å². The minimum absolute atomic E-state index is 0.207. The fraction of sp³-hybridized carbons (Fsp3) is 0.611. The van der Waals surface area contributed by atoms with Crippen LogP contribution in [0.3, 0.4) is 0 Å². The zero-order valence-corrected chi connectivity index (χ0v) is 14.0. The van der Waals surface area contributed by atoms with Crippen molar-refractivity contribution in [3.05, 3.63) is 23.5 Å². The highest BCUT2D eigenvalue weighted by Crippen LogP contribution is 2.46. The molecule has 2 heterocycles. The molecule has 23 heavy (non-hydrogen) atoms.